The Morgan fingerprint density at radius 3 is 2.13 bits per heavy atom. The number of anilines is 2. The zero-order valence-corrected chi connectivity index (χ0v) is 32.5. The van der Waals surface area contributed by atoms with Crippen molar-refractivity contribution < 1.29 is 19.1 Å². The van der Waals surface area contributed by atoms with Crippen LogP contribution in [0.25, 0.3) is 10.4 Å². The number of nitrogen functional groups attached to an aromatic ring is 2. The maximum Gasteiger partial charge on any atom is 0.421 e. The molecule has 0 saturated heterocycles. The van der Waals surface area contributed by atoms with Crippen LogP contribution in [-0.2, 0) is 40.1 Å². The van der Waals surface area contributed by atoms with Crippen molar-refractivity contribution in [2.75, 3.05) is 18.0 Å². The highest BCUT2D eigenvalue weighted by Gasteiger charge is 2.20. The van der Waals surface area contributed by atoms with Gasteiger partial charge in [-0.15, -0.1) is 29.8 Å². The lowest BCUT2D eigenvalue weighted by Gasteiger charge is -2.20. The molecule has 3 aromatic rings. The first-order valence-corrected chi connectivity index (χ1v) is 16.4. The summed E-state index contributed by atoms with van der Waals surface area (Å²) >= 11 is 0. The van der Waals surface area contributed by atoms with E-state index >= 15 is 0 Å². The topological polar surface area (TPSA) is 263 Å². The molecule has 0 aromatic carbocycles. The minimum atomic E-state index is -0.558. The van der Waals surface area contributed by atoms with E-state index in [-0.39, 0.29) is 54.3 Å². The second kappa shape index (κ2) is 21.8. The number of carbonyl (C=O) groups excluding carboxylic acids is 3. The summed E-state index contributed by atoms with van der Waals surface area (Å²) in [6.07, 6.45) is 14.5. The van der Waals surface area contributed by atoms with Crippen LogP contribution < -0.4 is 22.1 Å². The average Bonchev–Trinajstić information content (AvgIpc) is 3.70. The first kappa shape index (κ1) is 46.7. The Balaban J connectivity index is 0.000000785. The summed E-state index contributed by atoms with van der Waals surface area (Å²) in [4.78, 5) is 48.0. The van der Waals surface area contributed by atoms with Gasteiger partial charge in [-0.05, 0) is 99.9 Å². The molecule has 3 aromatic heterocycles. The molecule has 0 bridgehead atoms. The molecule has 0 aliphatic heterocycles. The van der Waals surface area contributed by atoms with Crippen LogP contribution in [0.1, 0.15) is 98.7 Å². The van der Waals surface area contributed by atoms with Crippen molar-refractivity contribution in [2.24, 2.45) is 5.11 Å². The van der Waals surface area contributed by atoms with Crippen molar-refractivity contribution >= 4 is 42.2 Å². The van der Waals surface area contributed by atoms with Crippen LogP contribution in [0, 0.1) is 12.3 Å². The molecule has 0 fully saturated rings. The van der Waals surface area contributed by atoms with Crippen molar-refractivity contribution in [3.63, 3.8) is 0 Å². The molecular weight excluding hydrogens is 692 g/mol. The highest BCUT2D eigenvalue weighted by Crippen LogP contribution is 2.14. The first-order valence-electron chi connectivity index (χ1n) is 16.4. The Hall–Kier alpha value is -5.27. The van der Waals surface area contributed by atoms with E-state index in [0.717, 1.165) is 42.8 Å². The predicted octanol–water partition coefficient (Wildman–Crippen LogP) is 4.51. The van der Waals surface area contributed by atoms with Crippen LogP contribution in [0.5, 0.6) is 0 Å². The molecule has 18 nitrogen and oxygen atoms in total. The van der Waals surface area contributed by atoms with E-state index in [1.54, 1.807) is 37.8 Å². The van der Waals surface area contributed by atoms with E-state index < -0.39 is 11.7 Å². The quantitative estimate of drug-likeness (QED) is 0.0602. The van der Waals surface area contributed by atoms with Gasteiger partial charge in [-0.3, -0.25) is 9.59 Å². The van der Waals surface area contributed by atoms with Gasteiger partial charge in [0.05, 0.1) is 17.6 Å². The minimum absolute atomic E-state index is 0. The Bertz CT molecular complexity index is 1650. The van der Waals surface area contributed by atoms with Crippen LogP contribution in [0.15, 0.2) is 23.7 Å². The zero-order chi connectivity index (χ0) is 38.8. The zero-order valence-electron chi connectivity index (χ0n) is 31.7. The van der Waals surface area contributed by atoms with Crippen LogP contribution in [-0.4, -0.2) is 75.6 Å². The number of nitrogens with two attached hydrogens (primary N) is 2. The van der Waals surface area contributed by atoms with E-state index in [4.69, 9.17) is 28.2 Å². The van der Waals surface area contributed by atoms with Gasteiger partial charge >= 0.3 is 6.09 Å². The average molecular weight is 747 g/mol. The molecule has 288 valence electrons. The van der Waals surface area contributed by atoms with E-state index in [1.165, 1.54) is 4.57 Å². The van der Waals surface area contributed by atoms with Gasteiger partial charge in [0.1, 0.15) is 18.7 Å². The molecule has 19 heteroatoms. The lowest BCUT2D eigenvalue weighted by molar-refractivity contribution is -0.123. The van der Waals surface area contributed by atoms with Crippen LogP contribution >= 0.6 is 12.4 Å². The number of nitrogens with one attached hydrogen (secondary N) is 3. The van der Waals surface area contributed by atoms with E-state index in [9.17, 15) is 14.4 Å². The summed E-state index contributed by atoms with van der Waals surface area (Å²) in [7, 11) is 0. The number of imidazole rings is 2. The number of hydrogen-bond donors (Lipinski definition) is 5. The number of ether oxygens (including phenoxy) is 1. The van der Waals surface area contributed by atoms with Crippen molar-refractivity contribution in [2.45, 2.75) is 124 Å². The number of halogens is 1. The number of carbonyl (C=O) groups is 3. The third kappa shape index (κ3) is 21.7. The number of nitrogens with zero attached hydrogens (tertiary/aromatic N) is 9. The van der Waals surface area contributed by atoms with Gasteiger partial charge in [-0.2, -0.15) is 0 Å². The van der Waals surface area contributed by atoms with E-state index in [2.05, 4.69) is 51.8 Å². The molecule has 2 amide bonds. The van der Waals surface area contributed by atoms with Gasteiger partial charge in [0.25, 0.3) is 0 Å². The van der Waals surface area contributed by atoms with Gasteiger partial charge in [0, 0.05) is 40.5 Å². The number of rotatable bonds is 11. The lowest BCUT2D eigenvalue weighted by atomic mass is 10.1. The fourth-order valence-electron chi connectivity index (χ4n) is 4.05. The molecule has 0 aliphatic carbocycles. The molecule has 0 radical (unpaired) electrons. The molecule has 0 atom stereocenters. The Morgan fingerprint density at radius 1 is 0.981 bits per heavy atom. The first-order chi connectivity index (χ1) is 23.6. The summed E-state index contributed by atoms with van der Waals surface area (Å²) in [5.74, 6) is 2.80. The van der Waals surface area contributed by atoms with Crippen LogP contribution in [0.3, 0.4) is 0 Å². The van der Waals surface area contributed by atoms with Gasteiger partial charge < -0.3 is 31.8 Å². The van der Waals surface area contributed by atoms with Crippen LogP contribution in [0.4, 0.5) is 16.7 Å². The number of aromatic amines is 1. The molecular formula is C33H55ClN14O4. The fourth-order valence-corrected chi connectivity index (χ4v) is 4.05. The summed E-state index contributed by atoms with van der Waals surface area (Å²) in [5, 5.41) is 16.7. The maximum atomic E-state index is 11.8. The smallest absolute Gasteiger partial charge is 0.421 e. The van der Waals surface area contributed by atoms with Gasteiger partial charge in [0.2, 0.25) is 17.8 Å². The Kier molecular flexibility index (Phi) is 19.6. The second-order valence-electron chi connectivity index (χ2n) is 14.5. The number of azide groups is 1. The lowest BCUT2D eigenvalue weighted by Crippen LogP contribution is -2.42. The number of H-pyrrole nitrogens is 1. The fraction of sp³-hybridized carbons (Fsp3) is 0.606. The highest BCUT2D eigenvalue weighted by atomic mass is 35.5. The van der Waals surface area contributed by atoms with Crippen molar-refractivity contribution in [3.05, 3.63) is 46.1 Å². The molecule has 7 N–H and O–H groups in total. The Morgan fingerprint density at radius 2 is 1.60 bits per heavy atom. The summed E-state index contributed by atoms with van der Waals surface area (Å²) in [6.45, 7) is 16.9. The largest absolute Gasteiger partial charge is 0.443 e. The number of hydrogen-bond acceptors (Lipinski definition) is 11. The number of aryl methyl sites for hydroxylation is 3. The number of amides is 2. The normalized spacial score (nSPS) is 10.8. The van der Waals surface area contributed by atoms with E-state index in [1.807, 2.05) is 47.7 Å². The summed E-state index contributed by atoms with van der Waals surface area (Å²) in [5.41, 5.74) is 20.7. The number of terminal acetylenes is 1. The third-order valence-corrected chi connectivity index (χ3v) is 5.85. The van der Waals surface area contributed by atoms with Crippen molar-refractivity contribution in [1.82, 2.24) is 45.1 Å². The second-order valence-corrected chi connectivity index (χ2v) is 14.5. The summed E-state index contributed by atoms with van der Waals surface area (Å²) < 4.78 is 7.99. The molecule has 0 unspecified atom stereocenters. The SMILES string of the molecule is C#CCCCc1cn(C(=O)OC(C)(C)C)c(N)n1.CC(C)(C)NC(=O)CN=[N+]=[N-].CC(C)(C)NC(=O)Cn1cc(CCCc2cnc(N)[nH]2)nn1.Cl. The minimum Gasteiger partial charge on any atom is -0.443 e. The molecule has 0 aliphatic rings. The van der Waals surface area contributed by atoms with Crippen molar-refractivity contribution in [3.8, 4) is 12.3 Å². The molecule has 3 rings (SSSR count). The van der Waals surface area contributed by atoms with Crippen molar-refractivity contribution in [1.29, 1.82) is 0 Å². The molecule has 0 spiro atoms. The van der Waals surface area contributed by atoms with Gasteiger partial charge in [0.15, 0.2) is 5.95 Å². The van der Waals surface area contributed by atoms with E-state index in [0.29, 0.717) is 18.8 Å². The predicted molar refractivity (Wildman–Crippen MR) is 202 cm³/mol. The third-order valence-electron chi connectivity index (χ3n) is 5.85. The standard InChI is InChI=1S/C14H23N7O.C13H19N3O2.C6H12N4O.ClH/c1-14(2,3)18-12(22)9-21-8-11(19-20-21)6-4-5-10-7-16-13(15)17-10;1-5-6-7-8-10-9-16(11(14)15-10)12(17)18-13(2,3)4;1-6(2,3)9-5(11)4-8-10-7;/h7-8H,4-6,9H2,1-3H3,(H,18,22)(H3,15,16,17);1,9H,6-8H2,2-4H3,(H2,14,15);4H2,1-3H3,(H,9,11);1H. The highest BCUT2D eigenvalue weighted by molar-refractivity contribution is 5.85. The van der Waals surface area contributed by atoms with Gasteiger partial charge in [-0.25, -0.2) is 24.0 Å². The molecule has 52 heavy (non-hydrogen) atoms. The molecule has 3 heterocycles. The Labute approximate surface area is 311 Å². The van der Waals surface area contributed by atoms with Crippen LogP contribution in [0.2, 0.25) is 0 Å². The summed E-state index contributed by atoms with van der Waals surface area (Å²) in [6, 6.07) is 0. The monoisotopic (exact) mass is 746 g/mol. The molecule has 0 saturated carbocycles. The number of aromatic nitrogens is 7. The van der Waals surface area contributed by atoms with Gasteiger partial charge in [-0.1, -0.05) is 10.3 Å². The number of unbranched alkanes of at least 4 members (excludes halogenated alkanes) is 1. The maximum absolute atomic E-state index is 11.8.